The number of esters is 1. The van der Waals surface area contributed by atoms with Crippen LogP contribution in [0.3, 0.4) is 0 Å². The molecule has 0 N–H and O–H groups in total. The third kappa shape index (κ3) is 13.4. The van der Waals surface area contributed by atoms with Gasteiger partial charge in [0.25, 0.3) is 5.75 Å². The summed E-state index contributed by atoms with van der Waals surface area (Å²) < 4.78 is 30.3. The van der Waals surface area contributed by atoms with Crippen LogP contribution in [-0.4, -0.2) is 43.3 Å². The summed E-state index contributed by atoms with van der Waals surface area (Å²) in [5.41, 5.74) is 3.29. The van der Waals surface area contributed by atoms with Crippen LogP contribution in [-0.2, 0) is 81.7 Å². The highest BCUT2D eigenvalue weighted by Crippen LogP contribution is 2.37. The standard InChI is InChI=1S/C52H48O15/c1-36(53)61-49-46(55-30-37-17-7-2-8-18-37)43-28-27-42(29-44(43)63-51(49)54)62-52-50(67-60-34-41-25-15-6-16-26-41)48(66-59-33-40-23-13-5-14-24-40)47(65-58-32-39-21-11-4-12-22-39)45(64-52)35-57-56-31-38-19-9-3-10-20-38/h2-29,45,47-48,50,52H,30-35H2,1H3/t45-,47-,48+,50-,52-/m1/s1. The molecule has 1 fully saturated rings. The van der Waals surface area contributed by atoms with Gasteiger partial charge in [0.15, 0.2) is 24.1 Å². The summed E-state index contributed by atoms with van der Waals surface area (Å²) in [6.07, 6.45) is -5.96. The fourth-order valence-corrected chi connectivity index (χ4v) is 6.95. The van der Waals surface area contributed by atoms with Gasteiger partial charge in [-0.15, -0.1) is 0 Å². The molecule has 7 aromatic rings. The average Bonchev–Trinajstić information content (AvgIpc) is 3.35. The highest BCUT2D eigenvalue weighted by atomic mass is 17.2. The van der Waals surface area contributed by atoms with Crippen LogP contribution in [0.1, 0.15) is 34.7 Å². The number of hydrogen-bond donors (Lipinski definition) is 0. The lowest BCUT2D eigenvalue weighted by molar-refractivity contribution is -0.481. The summed E-state index contributed by atoms with van der Waals surface area (Å²) in [4.78, 5) is 73.1. The van der Waals surface area contributed by atoms with Gasteiger partial charge in [0, 0.05) is 13.0 Å². The molecule has 0 aliphatic carbocycles. The van der Waals surface area contributed by atoms with Crippen molar-refractivity contribution < 1.29 is 67.3 Å². The maximum absolute atomic E-state index is 13.4. The van der Waals surface area contributed by atoms with Crippen LogP contribution in [0, 0.1) is 0 Å². The molecule has 1 aromatic heterocycles. The molecule has 0 saturated carbocycles. The Labute approximate surface area is 385 Å². The summed E-state index contributed by atoms with van der Waals surface area (Å²) >= 11 is 0. The fraction of sp³-hybridized carbons (Fsp3) is 0.231. The lowest BCUT2D eigenvalue weighted by Crippen LogP contribution is -2.62. The van der Waals surface area contributed by atoms with Crippen molar-refractivity contribution in [1.82, 2.24) is 0 Å². The minimum absolute atomic E-state index is 0.00790. The number of fused-ring (bicyclic) bond motifs is 1. The van der Waals surface area contributed by atoms with Crippen molar-refractivity contribution >= 4 is 16.9 Å². The molecule has 346 valence electrons. The van der Waals surface area contributed by atoms with Crippen LogP contribution >= 0.6 is 0 Å². The number of carbonyl (C=O) groups excluding carboxylic acids is 1. The van der Waals surface area contributed by atoms with E-state index in [0.717, 1.165) is 27.8 Å². The van der Waals surface area contributed by atoms with E-state index in [9.17, 15) is 9.59 Å². The number of rotatable bonds is 23. The Morgan fingerprint density at radius 1 is 0.507 bits per heavy atom. The van der Waals surface area contributed by atoms with Crippen LogP contribution in [0.25, 0.3) is 11.0 Å². The largest absolute Gasteiger partial charge is 0.484 e. The van der Waals surface area contributed by atoms with E-state index >= 15 is 0 Å². The Bertz CT molecular complexity index is 2630. The molecule has 8 rings (SSSR count). The van der Waals surface area contributed by atoms with Crippen LogP contribution in [0.2, 0.25) is 0 Å². The first kappa shape index (κ1) is 46.8. The monoisotopic (exact) mass is 912 g/mol. The molecular weight excluding hydrogens is 865 g/mol. The second-order valence-electron chi connectivity index (χ2n) is 15.2. The molecule has 15 heteroatoms. The first-order valence-electron chi connectivity index (χ1n) is 21.5. The second-order valence-corrected chi connectivity index (χ2v) is 15.2. The molecule has 67 heavy (non-hydrogen) atoms. The van der Waals surface area contributed by atoms with Crippen molar-refractivity contribution in [3.05, 3.63) is 208 Å². The Balaban J connectivity index is 1.12. The zero-order valence-electron chi connectivity index (χ0n) is 36.4. The minimum Gasteiger partial charge on any atom is -0.484 e. The second kappa shape index (κ2) is 24.1. The molecular formula is C52H48O15. The van der Waals surface area contributed by atoms with Gasteiger partial charge in [-0.05, 0) is 39.9 Å². The van der Waals surface area contributed by atoms with Crippen molar-refractivity contribution in [1.29, 1.82) is 0 Å². The zero-order chi connectivity index (χ0) is 46.0. The van der Waals surface area contributed by atoms with E-state index in [-0.39, 0.29) is 56.7 Å². The van der Waals surface area contributed by atoms with Gasteiger partial charge in [-0.1, -0.05) is 152 Å². The average molecular weight is 913 g/mol. The highest BCUT2D eigenvalue weighted by molar-refractivity contribution is 5.87. The molecule has 0 bridgehead atoms. The molecule has 0 amide bonds. The Hall–Kier alpha value is -6.76. The maximum Gasteiger partial charge on any atom is 0.383 e. The molecule has 15 nitrogen and oxygen atoms in total. The third-order valence-corrected chi connectivity index (χ3v) is 10.2. The summed E-state index contributed by atoms with van der Waals surface area (Å²) in [5.74, 6) is -0.950. The molecule has 0 radical (unpaired) electrons. The third-order valence-electron chi connectivity index (χ3n) is 10.2. The summed E-state index contributed by atoms with van der Waals surface area (Å²) in [6, 6.07) is 51.8. The van der Waals surface area contributed by atoms with Gasteiger partial charge in [0.2, 0.25) is 6.29 Å². The van der Waals surface area contributed by atoms with E-state index in [2.05, 4.69) is 0 Å². The molecule has 2 heterocycles. The maximum atomic E-state index is 13.4. The summed E-state index contributed by atoms with van der Waals surface area (Å²) in [5, 5.41) is 0.323. The Morgan fingerprint density at radius 2 is 0.970 bits per heavy atom. The number of ether oxygens (including phenoxy) is 4. The van der Waals surface area contributed by atoms with E-state index in [0.29, 0.717) is 5.39 Å². The quantitative estimate of drug-likeness (QED) is 0.0197. The molecule has 5 atom stereocenters. The number of hydrogen-bond acceptors (Lipinski definition) is 15. The van der Waals surface area contributed by atoms with Gasteiger partial charge in [-0.3, -0.25) is 4.79 Å². The molecule has 0 unspecified atom stereocenters. The number of benzene rings is 6. The van der Waals surface area contributed by atoms with Gasteiger partial charge in [-0.25, -0.2) is 43.9 Å². The van der Waals surface area contributed by atoms with Crippen molar-refractivity contribution in [3.8, 4) is 17.2 Å². The lowest BCUT2D eigenvalue weighted by Gasteiger charge is -2.43. The molecule has 1 aliphatic rings. The van der Waals surface area contributed by atoms with Crippen LogP contribution in [0.4, 0.5) is 0 Å². The lowest BCUT2D eigenvalue weighted by atomic mass is 9.99. The van der Waals surface area contributed by atoms with E-state index in [1.165, 1.54) is 13.0 Å². The topological polar surface area (TPSA) is 158 Å². The van der Waals surface area contributed by atoms with Crippen molar-refractivity contribution in [3.63, 3.8) is 0 Å². The van der Waals surface area contributed by atoms with Gasteiger partial charge in [-0.2, -0.15) is 0 Å². The molecule has 6 aromatic carbocycles. The first-order valence-corrected chi connectivity index (χ1v) is 21.5. The Kier molecular flexibility index (Phi) is 16.8. The predicted molar refractivity (Wildman–Crippen MR) is 239 cm³/mol. The van der Waals surface area contributed by atoms with Crippen molar-refractivity contribution in [2.24, 2.45) is 0 Å². The van der Waals surface area contributed by atoms with E-state index in [1.54, 1.807) is 12.1 Å². The first-order chi connectivity index (χ1) is 33.0. The van der Waals surface area contributed by atoms with Gasteiger partial charge >= 0.3 is 11.6 Å². The van der Waals surface area contributed by atoms with Gasteiger partial charge in [0.1, 0.15) is 57.1 Å². The molecule has 1 saturated heterocycles. The smallest absolute Gasteiger partial charge is 0.383 e. The number of carbonyl (C=O) groups is 1. The fourth-order valence-electron chi connectivity index (χ4n) is 6.95. The van der Waals surface area contributed by atoms with Crippen LogP contribution in [0.5, 0.6) is 17.2 Å². The highest BCUT2D eigenvalue weighted by Gasteiger charge is 2.52. The van der Waals surface area contributed by atoms with Crippen molar-refractivity contribution in [2.75, 3.05) is 6.61 Å². The van der Waals surface area contributed by atoms with Crippen LogP contribution < -0.4 is 19.8 Å². The molecule has 0 spiro atoms. The Morgan fingerprint density at radius 3 is 1.48 bits per heavy atom. The predicted octanol–water partition coefficient (Wildman–Crippen LogP) is 9.10. The SMILES string of the molecule is CC(=O)Oc1c(OCc2ccccc2)c2ccc(O[C@@H]3O[C@H](COOCc4ccccc4)[C@@H](OOCc4ccccc4)[C@H](OOCc4ccccc4)[C@H]3OOCc3ccccc3)cc2oc1=O. The van der Waals surface area contributed by atoms with Gasteiger partial charge in [0.05, 0.1) is 5.39 Å². The van der Waals surface area contributed by atoms with E-state index in [4.69, 9.17) is 62.5 Å². The summed E-state index contributed by atoms with van der Waals surface area (Å²) in [7, 11) is 0. The van der Waals surface area contributed by atoms with Gasteiger partial charge < -0.3 is 23.4 Å². The normalized spacial score (nSPS) is 18.1. The minimum atomic E-state index is -1.35. The summed E-state index contributed by atoms with van der Waals surface area (Å²) in [6.45, 7) is 1.33. The van der Waals surface area contributed by atoms with Crippen molar-refractivity contribution in [2.45, 2.75) is 70.7 Å². The van der Waals surface area contributed by atoms with E-state index < -0.39 is 48.1 Å². The molecule has 1 aliphatic heterocycles. The van der Waals surface area contributed by atoms with Crippen LogP contribution in [0.15, 0.2) is 179 Å². The zero-order valence-corrected chi connectivity index (χ0v) is 36.4. The van der Waals surface area contributed by atoms with E-state index in [1.807, 2.05) is 152 Å².